The minimum absolute atomic E-state index is 0.992. The summed E-state index contributed by atoms with van der Waals surface area (Å²) in [5, 5.41) is 0. The van der Waals surface area contributed by atoms with Crippen LogP contribution in [0.25, 0.3) is 6.08 Å². The first-order valence-electron chi connectivity index (χ1n) is 4.47. The molecule has 1 aromatic rings. The number of hydrogen-bond acceptors (Lipinski definition) is 3. The molecule has 1 heterocycles. The van der Waals surface area contributed by atoms with E-state index in [9.17, 15) is 0 Å². The first-order chi connectivity index (χ1) is 6.77. The molecule has 0 bridgehead atoms. The van der Waals surface area contributed by atoms with Crippen molar-refractivity contribution in [1.82, 2.24) is 4.90 Å². The average molecular weight is 204 g/mol. The number of benzene rings is 1. The average Bonchev–Trinajstić information content (AvgIpc) is 2.39. The van der Waals surface area contributed by atoms with E-state index in [1.54, 1.807) is 0 Å². The zero-order valence-electron chi connectivity index (χ0n) is 8.27. The predicted molar refractivity (Wildman–Crippen MR) is 62.5 cm³/mol. The van der Waals surface area contributed by atoms with E-state index in [1.165, 1.54) is 22.4 Å². The molecule has 3 heteroatoms. The molecule has 1 aromatic carbocycles. The van der Waals surface area contributed by atoms with Gasteiger partial charge in [-0.05, 0) is 17.7 Å². The van der Waals surface area contributed by atoms with Gasteiger partial charge in [-0.15, -0.1) is 0 Å². The van der Waals surface area contributed by atoms with Gasteiger partial charge in [-0.3, -0.25) is 0 Å². The predicted octanol–water partition coefficient (Wildman–Crippen LogP) is 2.68. The maximum Gasteiger partial charge on any atom is 0.136 e. The summed E-state index contributed by atoms with van der Waals surface area (Å²) >= 11 is 1.53. The van der Waals surface area contributed by atoms with E-state index >= 15 is 0 Å². The van der Waals surface area contributed by atoms with E-state index in [0.717, 1.165) is 5.84 Å². The molecule has 1 aliphatic rings. The molecular formula is C11H12N2S. The fourth-order valence-corrected chi connectivity index (χ4v) is 2.02. The van der Waals surface area contributed by atoms with Crippen LogP contribution >= 0.6 is 11.9 Å². The molecule has 0 N–H and O–H groups in total. The molecule has 0 aliphatic carbocycles. The Kier molecular flexibility index (Phi) is 2.59. The van der Waals surface area contributed by atoms with Crippen molar-refractivity contribution in [2.75, 3.05) is 14.1 Å². The first kappa shape index (κ1) is 9.34. The lowest BCUT2D eigenvalue weighted by atomic mass is 10.2. The normalized spacial score (nSPS) is 14.3. The van der Waals surface area contributed by atoms with E-state index in [-0.39, 0.29) is 0 Å². The van der Waals surface area contributed by atoms with Crippen molar-refractivity contribution >= 4 is 23.9 Å². The van der Waals surface area contributed by atoms with E-state index < -0.39 is 0 Å². The zero-order chi connectivity index (χ0) is 9.97. The molecule has 0 unspecified atom stereocenters. The topological polar surface area (TPSA) is 15.6 Å². The fraction of sp³-hybridized carbons (Fsp3) is 0.182. The number of hydrogen-bond donors (Lipinski definition) is 0. The Morgan fingerprint density at radius 2 is 1.93 bits per heavy atom. The molecule has 0 fully saturated rings. The lowest BCUT2D eigenvalue weighted by Gasteiger charge is -2.09. The van der Waals surface area contributed by atoms with Gasteiger partial charge in [0.25, 0.3) is 0 Å². The highest BCUT2D eigenvalue weighted by molar-refractivity contribution is 7.98. The van der Waals surface area contributed by atoms with Crippen LogP contribution in [-0.2, 0) is 0 Å². The third-order valence-electron chi connectivity index (χ3n) is 2.03. The maximum absolute atomic E-state index is 4.44. The zero-order valence-corrected chi connectivity index (χ0v) is 9.08. The van der Waals surface area contributed by atoms with Crippen LogP contribution in [-0.4, -0.2) is 24.8 Å². The first-order valence-corrected chi connectivity index (χ1v) is 5.24. The fourth-order valence-electron chi connectivity index (χ4n) is 1.22. The Bertz CT molecular complexity index is 394. The van der Waals surface area contributed by atoms with Gasteiger partial charge in [0.05, 0.1) is 0 Å². The quantitative estimate of drug-likeness (QED) is 0.604. The SMILES string of the molecule is CN(C)C1=NSc2ccccc2C=C1. The van der Waals surface area contributed by atoms with Gasteiger partial charge in [-0.25, -0.2) is 0 Å². The molecule has 72 valence electrons. The standard InChI is InChI=1S/C11H12N2S/c1-13(2)11-8-7-9-5-3-4-6-10(9)14-12-11/h3-8H,1-2H3. The molecule has 0 saturated carbocycles. The minimum atomic E-state index is 0.992. The Labute approximate surface area is 88.5 Å². The number of rotatable bonds is 0. The summed E-state index contributed by atoms with van der Waals surface area (Å²) in [6.45, 7) is 0. The summed E-state index contributed by atoms with van der Waals surface area (Å²) in [5.41, 5.74) is 1.23. The highest BCUT2D eigenvalue weighted by Gasteiger charge is 2.05. The van der Waals surface area contributed by atoms with Gasteiger partial charge >= 0.3 is 0 Å². The van der Waals surface area contributed by atoms with Crippen LogP contribution in [0.1, 0.15) is 5.56 Å². The van der Waals surface area contributed by atoms with Crippen LogP contribution in [0.4, 0.5) is 0 Å². The molecule has 0 spiro atoms. The van der Waals surface area contributed by atoms with Crippen LogP contribution in [0, 0.1) is 0 Å². The van der Waals surface area contributed by atoms with Gasteiger partial charge in [-0.2, -0.15) is 4.40 Å². The molecular weight excluding hydrogens is 192 g/mol. The molecule has 1 aliphatic heterocycles. The Morgan fingerprint density at radius 3 is 2.71 bits per heavy atom. The molecule has 0 amide bonds. The van der Waals surface area contributed by atoms with Crippen molar-refractivity contribution in [3.63, 3.8) is 0 Å². The smallest absolute Gasteiger partial charge is 0.136 e. The van der Waals surface area contributed by atoms with Gasteiger partial charge in [0.1, 0.15) is 5.84 Å². The largest absolute Gasteiger partial charge is 0.362 e. The highest BCUT2D eigenvalue weighted by Crippen LogP contribution is 2.27. The molecule has 0 saturated heterocycles. The van der Waals surface area contributed by atoms with Crippen LogP contribution in [0.2, 0.25) is 0 Å². The lowest BCUT2D eigenvalue weighted by Crippen LogP contribution is -2.18. The molecule has 2 nitrogen and oxygen atoms in total. The summed E-state index contributed by atoms with van der Waals surface area (Å²) in [4.78, 5) is 3.22. The molecule has 0 aromatic heterocycles. The number of likely N-dealkylation sites (N-methyl/N-ethyl adjacent to an activating group) is 1. The van der Waals surface area contributed by atoms with Crippen molar-refractivity contribution in [2.45, 2.75) is 4.90 Å². The number of fused-ring (bicyclic) bond motifs is 1. The van der Waals surface area contributed by atoms with Crippen molar-refractivity contribution in [1.29, 1.82) is 0 Å². The van der Waals surface area contributed by atoms with Crippen LogP contribution in [0.3, 0.4) is 0 Å². The highest BCUT2D eigenvalue weighted by atomic mass is 32.2. The van der Waals surface area contributed by atoms with Crippen molar-refractivity contribution in [2.24, 2.45) is 4.40 Å². The second-order valence-corrected chi connectivity index (χ2v) is 4.11. The molecule has 0 atom stereocenters. The summed E-state index contributed by atoms with van der Waals surface area (Å²) in [6.07, 6.45) is 4.15. The van der Waals surface area contributed by atoms with E-state index in [1.807, 2.05) is 37.2 Å². The van der Waals surface area contributed by atoms with Crippen molar-refractivity contribution in [3.8, 4) is 0 Å². The summed E-state index contributed by atoms with van der Waals surface area (Å²) in [6, 6.07) is 8.28. The lowest BCUT2D eigenvalue weighted by molar-refractivity contribution is 0.629. The minimum Gasteiger partial charge on any atom is -0.362 e. The van der Waals surface area contributed by atoms with Crippen molar-refractivity contribution < 1.29 is 0 Å². The van der Waals surface area contributed by atoms with E-state index in [0.29, 0.717) is 0 Å². The monoisotopic (exact) mass is 204 g/mol. The Balaban J connectivity index is 2.36. The number of amidine groups is 1. The van der Waals surface area contributed by atoms with E-state index in [4.69, 9.17) is 0 Å². The van der Waals surface area contributed by atoms with Gasteiger partial charge in [0.2, 0.25) is 0 Å². The molecule has 2 rings (SSSR count). The Hall–Kier alpha value is -1.22. The van der Waals surface area contributed by atoms with Gasteiger partial charge in [0.15, 0.2) is 0 Å². The second kappa shape index (κ2) is 3.88. The van der Waals surface area contributed by atoms with Gasteiger partial charge in [0, 0.05) is 30.9 Å². The second-order valence-electron chi connectivity index (χ2n) is 3.31. The number of nitrogens with zero attached hydrogens (tertiary/aromatic N) is 2. The third kappa shape index (κ3) is 1.82. The van der Waals surface area contributed by atoms with Gasteiger partial charge in [-0.1, -0.05) is 24.3 Å². The Morgan fingerprint density at radius 1 is 1.14 bits per heavy atom. The summed E-state index contributed by atoms with van der Waals surface area (Å²) in [7, 11) is 4.00. The van der Waals surface area contributed by atoms with E-state index in [2.05, 4.69) is 22.6 Å². The summed E-state index contributed by atoms with van der Waals surface area (Å²) in [5.74, 6) is 0.992. The van der Waals surface area contributed by atoms with Gasteiger partial charge < -0.3 is 4.90 Å². The maximum atomic E-state index is 4.44. The third-order valence-corrected chi connectivity index (χ3v) is 2.87. The molecule has 0 radical (unpaired) electrons. The van der Waals surface area contributed by atoms with Crippen molar-refractivity contribution in [3.05, 3.63) is 35.9 Å². The van der Waals surface area contributed by atoms with Crippen LogP contribution in [0.15, 0.2) is 39.6 Å². The summed E-state index contributed by atoms with van der Waals surface area (Å²) < 4.78 is 4.44. The van der Waals surface area contributed by atoms with Crippen LogP contribution in [0.5, 0.6) is 0 Å². The van der Waals surface area contributed by atoms with Crippen LogP contribution < -0.4 is 0 Å². The molecule has 14 heavy (non-hydrogen) atoms.